The van der Waals surface area contributed by atoms with Crippen LogP contribution in [0.2, 0.25) is 0 Å². The van der Waals surface area contributed by atoms with E-state index in [9.17, 15) is 9.59 Å². The second-order valence-electron chi connectivity index (χ2n) is 10.7. The van der Waals surface area contributed by atoms with Crippen molar-refractivity contribution in [1.82, 2.24) is 14.7 Å². The number of aryl methyl sites for hydroxylation is 1. The Labute approximate surface area is 257 Å². The molecule has 0 bridgehead atoms. The summed E-state index contributed by atoms with van der Waals surface area (Å²) in [6.07, 6.45) is 4.03. The van der Waals surface area contributed by atoms with Crippen LogP contribution in [0.5, 0.6) is 5.75 Å². The Morgan fingerprint density at radius 2 is 1.71 bits per heavy atom. The van der Waals surface area contributed by atoms with E-state index in [2.05, 4.69) is 35.2 Å². The highest BCUT2D eigenvalue weighted by atomic mass is 16.6. The molecule has 5 rings (SSSR count). The van der Waals surface area contributed by atoms with Crippen LogP contribution in [0.4, 0.5) is 4.79 Å². The first-order valence-electron chi connectivity index (χ1n) is 14.4. The molecule has 1 unspecified atom stereocenters. The number of amides is 1. The molecule has 1 heterocycles. The van der Waals surface area contributed by atoms with Crippen LogP contribution >= 0.6 is 0 Å². The first kappa shape index (κ1) is 30.8. The van der Waals surface area contributed by atoms with Gasteiger partial charge in [-0.15, -0.1) is 0 Å². The van der Waals surface area contributed by atoms with Crippen molar-refractivity contribution in [3.05, 3.63) is 114 Å². The molecule has 1 fully saturated rings. The van der Waals surface area contributed by atoms with Crippen LogP contribution in [0.1, 0.15) is 52.0 Å². The lowest BCUT2D eigenvalue weighted by molar-refractivity contribution is 0.0642. The summed E-state index contributed by atoms with van der Waals surface area (Å²) in [5.41, 5.74) is 29.8. The number of ether oxygens (including phenoxy) is 2. The topological polar surface area (TPSA) is 220 Å². The SMILES string of the molecule is [N-]=[N+]=NCc1cc(C(=O)N(C2CC2)C2CCc3nn(C(=O)OCc4ccccc4)cc3C2)ccc1OC(CN=[N+]=[N-])CN=[N+]=[N-]. The number of aromatic nitrogens is 2. The van der Waals surface area contributed by atoms with E-state index in [0.29, 0.717) is 36.1 Å². The summed E-state index contributed by atoms with van der Waals surface area (Å²) in [6.45, 7) is -0.113. The molecular weight excluding hydrogens is 580 g/mol. The number of azide groups is 3. The monoisotopic (exact) mass is 610 g/mol. The van der Waals surface area contributed by atoms with Gasteiger partial charge in [0.05, 0.1) is 25.3 Å². The third kappa shape index (κ3) is 7.84. The van der Waals surface area contributed by atoms with Crippen molar-refractivity contribution < 1.29 is 19.1 Å². The molecule has 1 amide bonds. The average Bonchev–Trinajstić information content (AvgIpc) is 3.81. The molecule has 1 aromatic heterocycles. The van der Waals surface area contributed by atoms with Crippen molar-refractivity contribution in [3.8, 4) is 5.75 Å². The van der Waals surface area contributed by atoms with E-state index in [0.717, 1.165) is 29.7 Å². The summed E-state index contributed by atoms with van der Waals surface area (Å²) in [7, 11) is 0. The fraction of sp³-hybridized carbons (Fsp3) is 0.414. The van der Waals surface area contributed by atoms with Gasteiger partial charge in [0.2, 0.25) is 0 Å². The molecule has 3 aromatic rings. The molecule has 0 spiro atoms. The molecule has 45 heavy (non-hydrogen) atoms. The molecule has 16 heteroatoms. The van der Waals surface area contributed by atoms with Gasteiger partial charge in [-0.25, -0.2) is 4.79 Å². The van der Waals surface area contributed by atoms with Gasteiger partial charge in [0.1, 0.15) is 18.5 Å². The predicted molar refractivity (Wildman–Crippen MR) is 161 cm³/mol. The number of rotatable bonds is 13. The second kappa shape index (κ2) is 14.7. The molecule has 2 aromatic carbocycles. The quantitative estimate of drug-likeness (QED) is 0.121. The van der Waals surface area contributed by atoms with Gasteiger partial charge in [-0.3, -0.25) is 4.79 Å². The summed E-state index contributed by atoms with van der Waals surface area (Å²) >= 11 is 0. The molecule has 0 radical (unpaired) electrons. The Bertz CT molecular complexity index is 1670. The highest BCUT2D eigenvalue weighted by Crippen LogP contribution is 2.35. The zero-order valence-corrected chi connectivity index (χ0v) is 24.3. The van der Waals surface area contributed by atoms with E-state index in [-0.39, 0.29) is 44.2 Å². The summed E-state index contributed by atoms with van der Waals surface area (Å²) in [4.78, 5) is 36.9. The average molecular weight is 611 g/mol. The molecule has 1 atom stereocenters. The van der Waals surface area contributed by atoms with Crippen LogP contribution in [0.15, 0.2) is 70.1 Å². The van der Waals surface area contributed by atoms with Crippen molar-refractivity contribution in [1.29, 1.82) is 0 Å². The fourth-order valence-corrected chi connectivity index (χ4v) is 5.36. The molecule has 230 valence electrons. The third-order valence-electron chi connectivity index (χ3n) is 7.61. The van der Waals surface area contributed by atoms with Crippen LogP contribution in [-0.4, -0.2) is 58.0 Å². The van der Waals surface area contributed by atoms with Crippen molar-refractivity contribution >= 4 is 12.0 Å². The summed E-state index contributed by atoms with van der Waals surface area (Å²) in [5.74, 6) is 0.158. The zero-order valence-electron chi connectivity index (χ0n) is 24.3. The van der Waals surface area contributed by atoms with Crippen molar-refractivity contribution in [2.75, 3.05) is 13.1 Å². The Morgan fingerprint density at radius 3 is 2.40 bits per heavy atom. The minimum atomic E-state index is -0.751. The Hall–Kier alpha value is -5.68. The minimum absolute atomic E-state index is 0.0848. The zero-order chi connectivity index (χ0) is 31.6. The predicted octanol–water partition coefficient (Wildman–Crippen LogP) is 6.41. The van der Waals surface area contributed by atoms with E-state index in [4.69, 9.17) is 26.1 Å². The van der Waals surface area contributed by atoms with Crippen LogP contribution in [0.25, 0.3) is 31.3 Å². The van der Waals surface area contributed by atoms with Gasteiger partial charge in [0, 0.05) is 44.1 Å². The molecule has 16 nitrogen and oxygen atoms in total. The minimum Gasteiger partial charge on any atom is -0.490 e. The fourth-order valence-electron chi connectivity index (χ4n) is 5.36. The summed E-state index contributed by atoms with van der Waals surface area (Å²) in [6, 6.07) is 14.3. The Balaban J connectivity index is 1.32. The van der Waals surface area contributed by atoms with Gasteiger partial charge in [0.25, 0.3) is 5.91 Å². The molecule has 1 saturated carbocycles. The van der Waals surface area contributed by atoms with Crippen molar-refractivity contribution in [3.63, 3.8) is 0 Å². The molecular formula is C29H30N12O4. The van der Waals surface area contributed by atoms with E-state index in [1.54, 1.807) is 24.4 Å². The number of hydrogen-bond donors (Lipinski definition) is 0. The molecule has 0 saturated heterocycles. The van der Waals surface area contributed by atoms with Crippen LogP contribution in [0, 0.1) is 0 Å². The number of nitrogens with zero attached hydrogens (tertiary/aromatic N) is 12. The van der Waals surface area contributed by atoms with Gasteiger partial charge < -0.3 is 14.4 Å². The molecule has 0 N–H and O–H groups in total. The van der Waals surface area contributed by atoms with Crippen molar-refractivity contribution in [2.45, 2.75) is 63.4 Å². The van der Waals surface area contributed by atoms with E-state index in [1.165, 1.54) is 4.68 Å². The number of carbonyl (C=O) groups is 2. The van der Waals surface area contributed by atoms with E-state index < -0.39 is 12.2 Å². The van der Waals surface area contributed by atoms with Gasteiger partial charge in [-0.2, -0.15) is 9.78 Å². The van der Waals surface area contributed by atoms with Crippen LogP contribution < -0.4 is 4.74 Å². The Kier molecular flexibility index (Phi) is 10.0. The lowest BCUT2D eigenvalue weighted by Crippen LogP contribution is -2.44. The maximum Gasteiger partial charge on any atom is 0.435 e. The standard InChI is InChI=1S/C29H30N12O4/c30-37-33-14-21-12-20(6-11-27(21)45-25(15-34-38-31)16-35-39-32)28(42)41(23-7-8-23)24-9-10-26-22(13-24)17-40(36-26)29(43)44-18-19-4-2-1-3-5-19/h1-6,11-12,17,23-25H,7-10,13-16,18H2. The maximum absolute atomic E-state index is 14.0. The third-order valence-corrected chi connectivity index (χ3v) is 7.61. The number of fused-ring (bicyclic) bond motifs is 1. The smallest absolute Gasteiger partial charge is 0.435 e. The normalized spacial score (nSPS) is 15.7. The van der Waals surface area contributed by atoms with Gasteiger partial charge in [-0.1, -0.05) is 45.7 Å². The lowest BCUT2D eigenvalue weighted by atomic mass is 9.91. The summed E-state index contributed by atoms with van der Waals surface area (Å²) < 4.78 is 12.6. The van der Waals surface area contributed by atoms with Crippen LogP contribution in [-0.2, 0) is 30.7 Å². The number of benzene rings is 2. The molecule has 0 aliphatic heterocycles. The van der Waals surface area contributed by atoms with Crippen LogP contribution in [0.3, 0.4) is 0 Å². The number of carbonyl (C=O) groups excluding carboxylic acids is 2. The highest BCUT2D eigenvalue weighted by molar-refractivity contribution is 5.95. The molecule has 2 aliphatic rings. The largest absolute Gasteiger partial charge is 0.490 e. The van der Waals surface area contributed by atoms with E-state index in [1.807, 2.05) is 35.2 Å². The van der Waals surface area contributed by atoms with Gasteiger partial charge in [-0.05, 0) is 78.0 Å². The highest BCUT2D eigenvalue weighted by Gasteiger charge is 2.40. The molecule has 2 aliphatic carbocycles. The second-order valence-corrected chi connectivity index (χ2v) is 10.7. The van der Waals surface area contributed by atoms with E-state index >= 15 is 0 Å². The van der Waals surface area contributed by atoms with Crippen molar-refractivity contribution in [2.24, 2.45) is 15.3 Å². The Morgan fingerprint density at radius 1 is 0.978 bits per heavy atom. The van der Waals surface area contributed by atoms with Gasteiger partial charge in [0.15, 0.2) is 0 Å². The maximum atomic E-state index is 14.0. The first-order chi connectivity index (χ1) is 22.0. The lowest BCUT2D eigenvalue weighted by Gasteiger charge is -2.34. The number of hydrogen-bond acceptors (Lipinski definition) is 8. The van der Waals surface area contributed by atoms with Gasteiger partial charge >= 0.3 is 6.09 Å². The first-order valence-corrected chi connectivity index (χ1v) is 14.4. The summed E-state index contributed by atoms with van der Waals surface area (Å²) in [5, 5.41) is 15.1.